The van der Waals surface area contributed by atoms with Gasteiger partial charge in [-0.1, -0.05) is 18.2 Å². The van der Waals surface area contributed by atoms with Crippen molar-refractivity contribution in [2.24, 2.45) is 11.8 Å². The molecule has 4 bridgehead atoms. The number of para-hydroxylation sites is 1. The third-order valence-corrected chi connectivity index (χ3v) is 6.10. The third kappa shape index (κ3) is 1.90. The fourth-order valence-corrected chi connectivity index (χ4v) is 5.47. The van der Waals surface area contributed by atoms with E-state index in [2.05, 4.69) is 5.10 Å². The summed E-state index contributed by atoms with van der Waals surface area (Å²) in [5.41, 5.74) is 3.53. The Morgan fingerprint density at radius 2 is 1.65 bits per heavy atom. The Labute approximate surface area is 135 Å². The van der Waals surface area contributed by atoms with E-state index in [0.29, 0.717) is 17.5 Å². The number of hydrogen-bond donors (Lipinski definition) is 1. The summed E-state index contributed by atoms with van der Waals surface area (Å²) in [5, 5.41) is 14.3. The lowest BCUT2D eigenvalue weighted by Crippen LogP contribution is -2.26. The van der Waals surface area contributed by atoms with Gasteiger partial charge >= 0.3 is 5.97 Å². The van der Waals surface area contributed by atoms with Gasteiger partial charge in [0.2, 0.25) is 0 Å². The number of benzene rings is 1. The molecule has 4 aliphatic rings. The normalized spacial score (nSPS) is 31.0. The zero-order valence-corrected chi connectivity index (χ0v) is 13.0. The molecule has 1 heterocycles. The molecule has 2 aromatic rings. The minimum Gasteiger partial charge on any atom is -0.476 e. The van der Waals surface area contributed by atoms with Crippen LogP contribution >= 0.6 is 0 Å². The van der Waals surface area contributed by atoms with Gasteiger partial charge in [0.25, 0.3) is 0 Å². The molecular weight excluding hydrogens is 288 g/mol. The Balaban J connectivity index is 1.77. The molecule has 0 aliphatic heterocycles. The van der Waals surface area contributed by atoms with E-state index in [9.17, 15) is 9.90 Å². The summed E-state index contributed by atoms with van der Waals surface area (Å²) in [6, 6.07) is 10.0. The molecule has 118 valence electrons. The predicted octanol–water partition coefficient (Wildman–Crippen LogP) is 3.96. The lowest BCUT2D eigenvalue weighted by molar-refractivity contribution is 0.0686. The van der Waals surface area contributed by atoms with Crippen molar-refractivity contribution in [2.75, 3.05) is 0 Å². The molecule has 4 aliphatic carbocycles. The molecule has 1 aromatic carbocycles. The highest BCUT2D eigenvalue weighted by molar-refractivity contribution is 5.88. The van der Waals surface area contributed by atoms with Crippen molar-refractivity contribution in [1.82, 2.24) is 9.78 Å². The number of hydrogen-bond acceptors (Lipinski definition) is 2. The van der Waals surface area contributed by atoms with E-state index in [1.54, 1.807) is 0 Å². The maximum Gasteiger partial charge on any atom is 0.356 e. The van der Waals surface area contributed by atoms with Crippen LogP contribution in [0.4, 0.5) is 0 Å². The van der Waals surface area contributed by atoms with E-state index in [1.165, 1.54) is 25.0 Å². The topological polar surface area (TPSA) is 55.1 Å². The summed E-state index contributed by atoms with van der Waals surface area (Å²) >= 11 is 0. The van der Waals surface area contributed by atoms with Gasteiger partial charge in [0.05, 0.1) is 11.4 Å². The highest BCUT2D eigenvalue weighted by Gasteiger charge is 2.46. The van der Waals surface area contributed by atoms with Crippen molar-refractivity contribution < 1.29 is 9.90 Å². The Hall–Kier alpha value is -2.10. The van der Waals surface area contributed by atoms with Crippen LogP contribution in [0.15, 0.2) is 30.3 Å². The van der Waals surface area contributed by atoms with Gasteiger partial charge in [-0.25, -0.2) is 9.48 Å². The molecular formula is C19H20N2O2. The van der Waals surface area contributed by atoms with Gasteiger partial charge in [-0.05, 0) is 62.0 Å². The van der Waals surface area contributed by atoms with Crippen LogP contribution in [0.2, 0.25) is 0 Å². The van der Waals surface area contributed by atoms with E-state index in [0.717, 1.165) is 35.9 Å². The fraction of sp³-hybridized carbons (Fsp3) is 0.474. The average molecular weight is 308 g/mol. The molecule has 1 aromatic heterocycles. The van der Waals surface area contributed by atoms with Crippen molar-refractivity contribution in [3.63, 3.8) is 0 Å². The van der Waals surface area contributed by atoms with Crippen LogP contribution < -0.4 is 0 Å². The SMILES string of the molecule is O=C(O)c1nn(-c2ccccc2)c2c1C1CC3CC(C1)CC2C3. The van der Waals surface area contributed by atoms with Gasteiger partial charge in [-0.15, -0.1) is 0 Å². The lowest BCUT2D eigenvalue weighted by atomic mass is 9.67. The van der Waals surface area contributed by atoms with Crippen molar-refractivity contribution >= 4 is 5.97 Å². The average Bonchev–Trinajstić information content (AvgIpc) is 2.87. The molecule has 2 atom stereocenters. The zero-order valence-electron chi connectivity index (χ0n) is 13.0. The number of carbonyl (C=O) groups is 1. The quantitative estimate of drug-likeness (QED) is 0.913. The number of carboxylic acids is 1. The van der Waals surface area contributed by atoms with E-state index in [4.69, 9.17) is 0 Å². The van der Waals surface area contributed by atoms with Gasteiger partial charge in [0.15, 0.2) is 5.69 Å². The van der Waals surface area contributed by atoms with Crippen molar-refractivity contribution in [3.05, 3.63) is 47.3 Å². The van der Waals surface area contributed by atoms with Crippen LogP contribution in [0.5, 0.6) is 0 Å². The molecule has 0 spiro atoms. The van der Waals surface area contributed by atoms with Gasteiger partial charge in [0.1, 0.15) is 0 Å². The second-order valence-corrected chi connectivity index (χ2v) is 7.50. The number of aromatic carboxylic acids is 1. The zero-order chi connectivity index (χ0) is 15.6. The lowest BCUT2D eigenvalue weighted by Gasteiger charge is -2.38. The number of rotatable bonds is 2. The summed E-state index contributed by atoms with van der Waals surface area (Å²) < 4.78 is 1.94. The first-order chi connectivity index (χ1) is 11.2. The first-order valence-corrected chi connectivity index (χ1v) is 8.62. The molecule has 4 nitrogen and oxygen atoms in total. The van der Waals surface area contributed by atoms with E-state index in [-0.39, 0.29) is 0 Å². The Morgan fingerprint density at radius 1 is 1.00 bits per heavy atom. The van der Waals surface area contributed by atoms with Crippen LogP contribution in [0.1, 0.15) is 65.7 Å². The molecule has 0 saturated heterocycles. The van der Waals surface area contributed by atoms with E-state index < -0.39 is 5.97 Å². The number of nitrogens with zero attached hydrogens (tertiary/aromatic N) is 2. The van der Waals surface area contributed by atoms with E-state index >= 15 is 0 Å². The number of carboxylic acid groups (broad SMARTS) is 1. The molecule has 2 fully saturated rings. The Morgan fingerprint density at radius 3 is 2.30 bits per heavy atom. The molecule has 2 saturated carbocycles. The highest BCUT2D eigenvalue weighted by atomic mass is 16.4. The standard InChI is InChI=1S/C19H20N2O2/c22-19(23)17-16-13-7-11-6-12(8-13)10-14(9-11)18(16)21(20-17)15-4-2-1-3-5-15/h1-5,11-14H,6-10H2,(H,22,23). The fourth-order valence-electron chi connectivity index (χ4n) is 5.47. The first kappa shape index (κ1) is 13.3. The molecule has 1 N–H and O–H groups in total. The summed E-state index contributed by atoms with van der Waals surface area (Å²) in [7, 11) is 0. The summed E-state index contributed by atoms with van der Waals surface area (Å²) in [6.45, 7) is 0. The smallest absolute Gasteiger partial charge is 0.356 e. The van der Waals surface area contributed by atoms with Crippen LogP contribution in [-0.2, 0) is 0 Å². The Bertz CT molecular complexity index is 766. The maximum atomic E-state index is 11.8. The minimum atomic E-state index is -0.878. The van der Waals surface area contributed by atoms with Gasteiger partial charge < -0.3 is 5.11 Å². The summed E-state index contributed by atoms with van der Waals surface area (Å²) in [6.07, 6.45) is 6.06. The molecule has 23 heavy (non-hydrogen) atoms. The van der Waals surface area contributed by atoms with E-state index in [1.807, 2.05) is 35.0 Å². The number of aromatic nitrogens is 2. The van der Waals surface area contributed by atoms with Crippen molar-refractivity contribution in [1.29, 1.82) is 0 Å². The summed E-state index contributed by atoms with van der Waals surface area (Å²) in [4.78, 5) is 11.8. The Kier molecular flexibility index (Phi) is 2.73. The molecule has 2 unspecified atom stereocenters. The minimum absolute atomic E-state index is 0.294. The monoisotopic (exact) mass is 308 g/mol. The van der Waals surface area contributed by atoms with Crippen molar-refractivity contribution in [2.45, 2.75) is 43.9 Å². The third-order valence-electron chi connectivity index (χ3n) is 6.10. The predicted molar refractivity (Wildman–Crippen MR) is 86.1 cm³/mol. The van der Waals surface area contributed by atoms with Crippen LogP contribution in [0.25, 0.3) is 5.69 Å². The molecule has 0 amide bonds. The molecule has 6 rings (SSSR count). The largest absolute Gasteiger partial charge is 0.476 e. The second kappa shape index (κ2) is 4.70. The summed E-state index contributed by atoms with van der Waals surface area (Å²) in [5.74, 6) is 1.54. The van der Waals surface area contributed by atoms with Crippen molar-refractivity contribution in [3.8, 4) is 5.69 Å². The maximum absolute atomic E-state index is 11.8. The second-order valence-electron chi connectivity index (χ2n) is 7.50. The molecule has 0 radical (unpaired) electrons. The van der Waals surface area contributed by atoms with Gasteiger partial charge in [-0.3, -0.25) is 0 Å². The van der Waals surface area contributed by atoms with Crippen LogP contribution in [0.3, 0.4) is 0 Å². The van der Waals surface area contributed by atoms with Gasteiger partial charge in [-0.2, -0.15) is 5.10 Å². The molecule has 4 heteroatoms. The van der Waals surface area contributed by atoms with Crippen LogP contribution in [-0.4, -0.2) is 20.9 Å². The highest BCUT2D eigenvalue weighted by Crippen LogP contribution is 2.57. The van der Waals surface area contributed by atoms with Gasteiger partial charge in [0, 0.05) is 11.5 Å². The van der Waals surface area contributed by atoms with Crippen LogP contribution in [0, 0.1) is 11.8 Å². The first-order valence-electron chi connectivity index (χ1n) is 8.62.